The highest BCUT2D eigenvalue weighted by Crippen LogP contribution is 2.36. The van der Waals surface area contributed by atoms with Crippen molar-refractivity contribution in [3.8, 4) is 11.5 Å². The number of hydrogen-bond donors (Lipinski definition) is 2. The molecular weight excluding hydrogens is 473 g/mol. The first-order chi connectivity index (χ1) is 10.7. The molecule has 1 aromatic carbocycles. The lowest BCUT2D eigenvalue weighted by Gasteiger charge is -2.14. The fraction of sp³-hybridized carbons (Fsp3) is 0.562. The number of benzene rings is 1. The standard InChI is InChI=1S/C16H26BrN3O2.HI/c1-5-6-7-8-19-16(18-2)20-11-12-9-13(17)15(22-4)14(10-12)21-3;/h9-10H,5-8,11H2,1-4H3,(H2,18,19,20);1H. The summed E-state index contributed by atoms with van der Waals surface area (Å²) in [5, 5.41) is 6.61. The Labute approximate surface area is 164 Å². The van der Waals surface area contributed by atoms with Crippen molar-refractivity contribution in [1.82, 2.24) is 10.6 Å². The van der Waals surface area contributed by atoms with Crippen molar-refractivity contribution in [2.75, 3.05) is 27.8 Å². The van der Waals surface area contributed by atoms with E-state index in [2.05, 4.69) is 38.5 Å². The molecule has 0 saturated heterocycles. The number of nitrogens with zero attached hydrogens (tertiary/aromatic N) is 1. The summed E-state index contributed by atoms with van der Waals surface area (Å²) in [5.41, 5.74) is 1.08. The van der Waals surface area contributed by atoms with Crippen LogP contribution in [0.1, 0.15) is 31.7 Å². The molecule has 0 radical (unpaired) electrons. The minimum Gasteiger partial charge on any atom is -0.493 e. The topological polar surface area (TPSA) is 54.9 Å². The quantitative estimate of drug-likeness (QED) is 0.246. The maximum Gasteiger partial charge on any atom is 0.191 e. The lowest BCUT2D eigenvalue weighted by molar-refractivity contribution is 0.352. The molecule has 0 aliphatic rings. The van der Waals surface area contributed by atoms with E-state index in [0.717, 1.165) is 29.0 Å². The van der Waals surface area contributed by atoms with Crippen LogP contribution in [0.3, 0.4) is 0 Å². The van der Waals surface area contributed by atoms with Gasteiger partial charge in [0, 0.05) is 20.1 Å². The monoisotopic (exact) mass is 499 g/mol. The zero-order valence-corrected chi connectivity index (χ0v) is 18.2. The van der Waals surface area contributed by atoms with Gasteiger partial charge in [0.15, 0.2) is 17.5 Å². The summed E-state index contributed by atoms with van der Waals surface area (Å²) in [7, 11) is 5.04. The van der Waals surface area contributed by atoms with Crippen molar-refractivity contribution in [2.45, 2.75) is 32.7 Å². The highest BCUT2D eigenvalue weighted by atomic mass is 127. The van der Waals surface area contributed by atoms with Crippen LogP contribution in [0.2, 0.25) is 0 Å². The van der Waals surface area contributed by atoms with Gasteiger partial charge in [0.05, 0.1) is 18.7 Å². The molecule has 23 heavy (non-hydrogen) atoms. The molecule has 0 amide bonds. The number of ether oxygens (including phenoxy) is 2. The van der Waals surface area contributed by atoms with Gasteiger partial charge in [0.2, 0.25) is 0 Å². The molecule has 0 aliphatic heterocycles. The minimum atomic E-state index is 0. The van der Waals surface area contributed by atoms with Crippen LogP contribution in [0.15, 0.2) is 21.6 Å². The first-order valence-electron chi connectivity index (χ1n) is 7.51. The van der Waals surface area contributed by atoms with Crippen LogP contribution in [0.25, 0.3) is 0 Å². The molecule has 7 heteroatoms. The summed E-state index contributed by atoms with van der Waals surface area (Å²) >= 11 is 3.50. The number of methoxy groups -OCH3 is 2. The summed E-state index contributed by atoms with van der Waals surface area (Å²) in [6.45, 7) is 3.79. The molecule has 0 saturated carbocycles. The average molecular weight is 500 g/mol. The number of halogens is 2. The van der Waals surface area contributed by atoms with Crippen molar-refractivity contribution in [1.29, 1.82) is 0 Å². The SMILES string of the molecule is CCCCCNC(=NC)NCc1cc(Br)c(OC)c(OC)c1.I. The molecule has 5 nitrogen and oxygen atoms in total. The highest BCUT2D eigenvalue weighted by molar-refractivity contribution is 14.0. The molecule has 2 N–H and O–H groups in total. The van der Waals surface area contributed by atoms with E-state index in [4.69, 9.17) is 9.47 Å². The van der Waals surface area contributed by atoms with Crippen LogP contribution in [-0.4, -0.2) is 33.8 Å². The van der Waals surface area contributed by atoms with E-state index in [9.17, 15) is 0 Å². The Kier molecular flexibility index (Phi) is 12.3. The Balaban J connectivity index is 0.00000484. The van der Waals surface area contributed by atoms with Gasteiger partial charge >= 0.3 is 0 Å². The molecule has 0 aliphatic carbocycles. The van der Waals surface area contributed by atoms with Crippen LogP contribution in [0.4, 0.5) is 0 Å². The number of nitrogens with one attached hydrogen (secondary N) is 2. The Morgan fingerprint density at radius 2 is 1.91 bits per heavy atom. The molecule has 0 fully saturated rings. The average Bonchev–Trinajstić information content (AvgIpc) is 2.53. The van der Waals surface area contributed by atoms with Crippen molar-refractivity contribution in [3.63, 3.8) is 0 Å². The van der Waals surface area contributed by atoms with Gasteiger partial charge in [-0.25, -0.2) is 0 Å². The van der Waals surface area contributed by atoms with Crippen molar-refractivity contribution in [3.05, 3.63) is 22.2 Å². The molecule has 132 valence electrons. The van der Waals surface area contributed by atoms with Gasteiger partial charge in [-0.2, -0.15) is 0 Å². The first kappa shape index (κ1) is 22.3. The van der Waals surface area contributed by atoms with Gasteiger partial charge in [-0.15, -0.1) is 24.0 Å². The lowest BCUT2D eigenvalue weighted by atomic mass is 10.2. The fourth-order valence-corrected chi connectivity index (χ4v) is 2.71. The Hall–Kier alpha value is -0.700. The van der Waals surface area contributed by atoms with Crippen molar-refractivity contribution >= 4 is 45.9 Å². The summed E-state index contributed by atoms with van der Waals surface area (Å²) in [4.78, 5) is 4.23. The fourth-order valence-electron chi connectivity index (χ4n) is 2.06. The normalized spacial score (nSPS) is 10.7. The maximum atomic E-state index is 5.35. The van der Waals surface area contributed by atoms with E-state index in [1.54, 1.807) is 21.3 Å². The maximum absolute atomic E-state index is 5.35. The first-order valence-corrected chi connectivity index (χ1v) is 8.30. The van der Waals surface area contributed by atoms with E-state index in [1.165, 1.54) is 12.8 Å². The van der Waals surface area contributed by atoms with Crippen LogP contribution in [0, 0.1) is 0 Å². The van der Waals surface area contributed by atoms with E-state index in [-0.39, 0.29) is 24.0 Å². The van der Waals surface area contributed by atoms with Gasteiger partial charge in [0.1, 0.15) is 0 Å². The largest absolute Gasteiger partial charge is 0.493 e. The van der Waals surface area contributed by atoms with Gasteiger partial charge < -0.3 is 20.1 Å². The number of aliphatic imine (C=N–C) groups is 1. The minimum absolute atomic E-state index is 0. The zero-order chi connectivity index (χ0) is 16.4. The van der Waals surface area contributed by atoms with Gasteiger partial charge in [-0.3, -0.25) is 4.99 Å². The number of guanidine groups is 1. The molecule has 0 bridgehead atoms. The van der Waals surface area contributed by atoms with E-state index >= 15 is 0 Å². The van der Waals surface area contributed by atoms with E-state index in [0.29, 0.717) is 18.0 Å². The lowest BCUT2D eigenvalue weighted by Crippen LogP contribution is -2.37. The summed E-state index contributed by atoms with van der Waals surface area (Å²) in [6, 6.07) is 3.97. The predicted octanol–water partition coefficient (Wildman–Crippen LogP) is 3.94. The molecule has 0 aromatic heterocycles. The second-order valence-electron chi connectivity index (χ2n) is 4.87. The van der Waals surface area contributed by atoms with Crippen LogP contribution < -0.4 is 20.1 Å². The third kappa shape index (κ3) is 7.60. The smallest absolute Gasteiger partial charge is 0.191 e. The molecule has 0 unspecified atom stereocenters. The Bertz CT molecular complexity index is 498. The summed E-state index contributed by atoms with van der Waals surface area (Å²) < 4.78 is 11.5. The van der Waals surface area contributed by atoms with E-state index < -0.39 is 0 Å². The highest BCUT2D eigenvalue weighted by Gasteiger charge is 2.10. The number of hydrogen-bond acceptors (Lipinski definition) is 3. The third-order valence-electron chi connectivity index (χ3n) is 3.25. The predicted molar refractivity (Wildman–Crippen MR) is 110 cm³/mol. The van der Waals surface area contributed by atoms with Crippen LogP contribution in [0.5, 0.6) is 11.5 Å². The van der Waals surface area contributed by atoms with Gasteiger partial charge in [-0.1, -0.05) is 19.8 Å². The second kappa shape index (κ2) is 12.7. The molecule has 1 rings (SSSR count). The van der Waals surface area contributed by atoms with Crippen LogP contribution >= 0.6 is 39.9 Å². The molecule has 0 heterocycles. The number of rotatable bonds is 8. The number of unbranched alkanes of at least 4 members (excludes halogenated alkanes) is 2. The molecule has 1 aromatic rings. The van der Waals surface area contributed by atoms with Crippen molar-refractivity contribution < 1.29 is 9.47 Å². The van der Waals surface area contributed by atoms with Crippen molar-refractivity contribution in [2.24, 2.45) is 4.99 Å². The van der Waals surface area contributed by atoms with E-state index in [1.807, 2.05) is 12.1 Å². The molecule has 0 atom stereocenters. The zero-order valence-electron chi connectivity index (χ0n) is 14.2. The third-order valence-corrected chi connectivity index (χ3v) is 3.84. The Morgan fingerprint density at radius 3 is 2.48 bits per heavy atom. The molecular formula is C16H27BrIN3O2. The van der Waals surface area contributed by atoms with Gasteiger partial charge in [0.25, 0.3) is 0 Å². The van der Waals surface area contributed by atoms with Gasteiger partial charge in [-0.05, 0) is 40.0 Å². The summed E-state index contributed by atoms with van der Waals surface area (Å²) in [6.07, 6.45) is 3.60. The Morgan fingerprint density at radius 1 is 1.17 bits per heavy atom. The second-order valence-corrected chi connectivity index (χ2v) is 5.73. The molecule has 0 spiro atoms. The van der Waals surface area contributed by atoms with Crippen LogP contribution in [-0.2, 0) is 6.54 Å². The summed E-state index contributed by atoms with van der Waals surface area (Å²) in [5.74, 6) is 2.22.